The fourth-order valence-corrected chi connectivity index (χ4v) is 2.11. The molecule has 0 atom stereocenters. The van der Waals surface area contributed by atoms with Crippen LogP contribution < -0.4 is 4.13 Å². The third-order valence-corrected chi connectivity index (χ3v) is 3.61. The second kappa shape index (κ2) is 3.27. The second-order valence-corrected chi connectivity index (χ2v) is 5.30. The van der Waals surface area contributed by atoms with Gasteiger partial charge in [-0.05, 0) is 0 Å². The summed E-state index contributed by atoms with van der Waals surface area (Å²) in [7, 11) is -10.5. The first-order valence-corrected chi connectivity index (χ1v) is 5.52. The van der Waals surface area contributed by atoms with Gasteiger partial charge in [0.15, 0.2) is 0 Å². The Morgan fingerprint density at radius 2 is 1.54 bits per heavy atom. The number of rotatable bonds is 3. The molecule has 0 radical (unpaired) electrons. The lowest BCUT2D eigenvalue weighted by Gasteiger charge is -2.07. The number of sulfonamides is 2. The monoisotopic (exact) mass is 239 g/mol. The Hall–Kier alpha value is -0.610. The third-order valence-electron chi connectivity index (χ3n) is 0.750. The maximum absolute atomic E-state index is 11.6. The average molecular weight is 239 g/mol. The van der Waals surface area contributed by atoms with E-state index >= 15 is 0 Å². The Balaban J connectivity index is 5.08. The van der Waals surface area contributed by atoms with Gasteiger partial charge in [-0.2, -0.15) is 13.2 Å². The van der Waals surface area contributed by atoms with Gasteiger partial charge in [0, 0.05) is 5.41 Å². The van der Waals surface area contributed by atoms with Crippen molar-refractivity contribution in [2.45, 2.75) is 5.51 Å². The molecule has 0 aliphatic rings. The van der Waals surface area contributed by atoms with Crippen LogP contribution in [0.3, 0.4) is 0 Å². The van der Waals surface area contributed by atoms with Crippen LogP contribution in [-0.4, -0.2) is 22.3 Å². The molecule has 13 heavy (non-hydrogen) atoms. The summed E-state index contributed by atoms with van der Waals surface area (Å²) in [6.45, 7) is 2.62. The van der Waals surface area contributed by atoms with Crippen LogP contribution in [0.4, 0.5) is 13.2 Å². The first kappa shape index (κ1) is 12.4. The van der Waals surface area contributed by atoms with Crippen molar-refractivity contribution in [1.82, 2.24) is 4.13 Å². The minimum atomic E-state index is -5.88. The van der Waals surface area contributed by atoms with E-state index in [-0.39, 0.29) is 5.41 Å². The summed E-state index contributed by atoms with van der Waals surface area (Å²) < 4.78 is 76.1. The van der Waals surface area contributed by atoms with Gasteiger partial charge in [0.2, 0.25) is 10.0 Å². The van der Waals surface area contributed by atoms with E-state index in [4.69, 9.17) is 0 Å². The lowest BCUT2D eigenvalue weighted by Crippen LogP contribution is -2.39. The molecule has 0 rings (SSSR count). The molecular weight excluding hydrogens is 235 g/mol. The minimum Gasteiger partial charge on any atom is -0.207 e. The summed E-state index contributed by atoms with van der Waals surface area (Å²) >= 11 is 0. The molecule has 0 aromatic heterocycles. The first-order valence-electron chi connectivity index (χ1n) is 2.49. The van der Waals surface area contributed by atoms with Gasteiger partial charge in [-0.15, -0.1) is 0 Å². The third kappa shape index (κ3) is 3.32. The molecule has 0 saturated carbocycles. The van der Waals surface area contributed by atoms with Crippen molar-refractivity contribution >= 4 is 20.0 Å². The Kier molecular flexibility index (Phi) is 3.12. The van der Waals surface area contributed by atoms with Gasteiger partial charge in [0.05, 0.1) is 0 Å². The van der Waals surface area contributed by atoms with Crippen LogP contribution in [-0.2, 0) is 20.0 Å². The van der Waals surface area contributed by atoms with E-state index in [9.17, 15) is 30.0 Å². The quantitative estimate of drug-likeness (QED) is 0.745. The van der Waals surface area contributed by atoms with Crippen molar-refractivity contribution in [3.8, 4) is 0 Å². The molecule has 0 unspecified atom stereocenters. The minimum absolute atomic E-state index is 0.0519. The summed E-state index contributed by atoms with van der Waals surface area (Å²) in [5.41, 5.74) is -5.66. The van der Waals surface area contributed by atoms with Crippen LogP contribution >= 0.6 is 0 Å². The van der Waals surface area contributed by atoms with E-state index in [1.165, 1.54) is 0 Å². The summed E-state index contributed by atoms with van der Waals surface area (Å²) in [6.07, 6.45) is 0. The topological polar surface area (TPSA) is 80.3 Å². The molecule has 78 valence electrons. The Bertz CT molecular complexity index is 391. The number of hydrogen-bond acceptors (Lipinski definition) is 4. The van der Waals surface area contributed by atoms with E-state index in [0.717, 1.165) is 0 Å². The smallest absolute Gasteiger partial charge is 0.207 e. The van der Waals surface area contributed by atoms with Gasteiger partial charge in [0.25, 0.3) is 0 Å². The van der Waals surface area contributed by atoms with Gasteiger partial charge in [0.1, 0.15) is 0 Å². The van der Waals surface area contributed by atoms with Crippen LogP contribution in [0.2, 0.25) is 0 Å². The van der Waals surface area contributed by atoms with Gasteiger partial charge in [-0.25, -0.2) is 16.8 Å². The maximum atomic E-state index is 11.6. The predicted molar refractivity (Wildman–Crippen MR) is 37.2 cm³/mol. The largest absolute Gasteiger partial charge is 0.512 e. The average Bonchev–Trinajstić information content (AvgIpc) is 1.83. The molecule has 0 fully saturated rings. The molecule has 0 amide bonds. The number of halogens is 3. The molecule has 0 aliphatic carbocycles. The van der Waals surface area contributed by atoms with Crippen molar-refractivity contribution in [3.63, 3.8) is 0 Å². The second-order valence-electron chi connectivity index (χ2n) is 1.74. The molecule has 5 nitrogen and oxygen atoms in total. The SMILES string of the molecule is C=CS(=O)(=O)NS(=O)(=O)C(F)(F)F. The van der Waals surface area contributed by atoms with Crippen LogP contribution in [0.1, 0.15) is 0 Å². The Morgan fingerprint density at radius 3 is 1.77 bits per heavy atom. The van der Waals surface area contributed by atoms with Crippen molar-refractivity contribution < 1.29 is 30.0 Å². The molecule has 1 N–H and O–H groups in total. The molecular formula is C3H4F3NO4S2. The van der Waals surface area contributed by atoms with Crippen molar-refractivity contribution in [3.05, 3.63) is 12.0 Å². The summed E-state index contributed by atoms with van der Waals surface area (Å²) in [4.78, 5) is 0. The van der Waals surface area contributed by atoms with Gasteiger partial charge >= 0.3 is 15.5 Å². The van der Waals surface area contributed by atoms with Crippen LogP contribution in [0.25, 0.3) is 0 Å². The predicted octanol–water partition coefficient (Wildman–Crippen LogP) is -0.101. The van der Waals surface area contributed by atoms with E-state index in [0.29, 0.717) is 4.13 Å². The number of hydrogen-bond donors (Lipinski definition) is 1. The molecule has 0 aliphatic heterocycles. The summed E-state index contributed by atoms with van der Waals surface area (Å²) in [5, 5.41) is 0.0519. The fraction of sp³-hybridized carbons (Fsp3) is 0.333. The Labute approximate surface area is 72.3 Å². The highest BCUT2D eigenvalue weighted by molar-refractivity contribution is 8.06. The standard InChI is InChI=1S/C3H4F3NO4S2/c1-2-12(8,9)7-13(10,11)3(4,5)6/h2,7H,1H2. The van der Waals surface area contributed by atoms with Gasteiger partial charge < -0.3 is 0 Å². The van der Waals surface area contributed by atoms with E-state index < -0.39 is 25.6 Å². The van der Waals surface area contributed by atoms with Crippen molar-refractivity contribution in [2.75, 3.05) is 0 Å². The molecule has 0 saturated heterocycles. The maximum Gasteiger partial charge on any atom is 0.512 e. The number of alkyl halides is 3. The molecule has 0 heterocycles. The highest BCUT2D eigenvalue weighted by atomic mass is 32.3. The molecule has 0 aromatic rings. The van der Waals surface area contributed by atoms with Crippen molar-refractivity contribution in [2.24, 2.45) is 0 Å². The lowest BCUT2D eigenvalue weighted by atomic mass is 11.3. The molecule has 0 bridgehead atoms. The van der Waals surface area contributed by atoms with Crippen molar-refractivity contribution in [1.29, 1.82) is 0 Å². The van der Waals surface area contributed by atoms with E-state index in [1.54, 1.807) is 0 Å². The van der Waals surface area contributed by atoms with Crippen LogP contribution in [0.5, 0.6) is 0 Å². The molecule has 10 heteroatoms. The number of nitrogens with one attached hydrogen (secondary N) is 1. The fourth-order valence-electron chi connectivity index (χ4n) is 0.234. The zero-order valence-corrected chi connectivity index (χ0v) is 7.50. The van der Waals surface area contributed by atoms with Gasteiger partial charge in [-0.3, -0.25) is 0 Å². The molecule has 0 aromatic carbocycles. The van der Waals surface area contributed by atoms with Crippen LogP contribution in [0.15, 0.2) is 12.0 Å². The van der Waals surface area contributed by atoms with Crippen LogP contribution in [0, 0.1) is 0 Å². The summed E-state index contributed by atoms with van der Waals surface area (Å²) in [6, 6.07) is 0. The first-order chi connectivity index (χ1) is 5.52. The van der Waals surface area contributed by atoms with E-state index in [1.807, 2.05) is 0 Å². The zero-order chi connectivity index (χ0) is 10.9. The van der Waals surface area contributed by atoms with E-state index in [2.05, 4.69) is 6.58 Å². The summed E-state index contributed by atoms with van der Waals surface area (Å²) in [5.74, 6) is 0. The highest BCUT2D eigenvalue weighted by Gasteiger charge is 2.47. The normalized spacial score (nSPS) is 14.1. The Morgan fingerprint density at radius 1 is 1.15 bits per heavy atom. The molecule has 0 spiro atoms. The van der Waals surface area contributed by atoms with Gasteiger partial charge in [-0.1, -0.05) is 10.7 Å². The highest BCUT2D eigenvalue weighted by Crippen LogP contribution is 2.22. The lowest BCUT2D eigenvalue weighted by molar-refractivity contribution is -0.0441. The zero-order valence-electron chi connectivity index (χ0n) is 5.87.